The number of nitrogens with one attached hydrogen (secondary N) is 2. The number of ether oxygens (including phenoxy) is 2. The van der Waals surface area contributed by atoms with Gasteiger partial charge in [0.25, 0.3) is 0 Å². The fourth-order valence-electron chi connectivity index (χ4n) is 3.90. The van der Waals surface area contributed by atoms with Gasteiger partial charge in [-0.2, -0.15) is 13.2 Å². The van der Waals surface area contributed by atoms with Crippen molar-refractivity contribution in [3.8, 4) is 11.5 Å². The van der Waals surface area contributed by atoms with Crippen molar-refractivity contribution in [2.75, 3.05) is 30.4 Å². The zero-order chi connectivity index (χ0) is 25.0. The standard InChI is InChI=1S/C26H26F3N3O3/c1-17(18-7-5-10-21(13-18)34-2)30-15-22-16-32(23-11-3-4-12-24(23)35-22)25(33)31-20-9-6-8-19(14-20)26(27,28)29/h3-14,17,22,30H,15-16H2,1-2H3,(H,31,33)/t17-,22?/m1/s1. The van der Waals surface area contributed by atoms with Crippen LogP contribution < -0.4 is 25.0 Å². The lowest BCUT2D eigenvalue weighted by Gasteiger charge is -2.35. The van der Waals surface area contributed by atoms with E-state index in [4.69, 9.17) is 9.47 Å². The number of rotatable bonds is 6. The van der Waals surface area contributed by atoms with Gasteiger partial charge in [-0.15, -0.1) is 0 Å². The van der Waals surface area contributed by atoms with Crippen LogP contribution in [0.1, 0.15) is 24.1 Å². The summed E-state index contributed by atoms with van der Waals surface area (Å²) in [5, 5.41) is 6.01. The minimum Gasteiger partial charge on any atom is -0.497 e. The Labute approximate surface area is 201 Å². The van der Waals surface area contributed by atoms with Gasteiger partial charge in [-0.25, -0.2) is 4.79 Å². The molecule has 184 valence electrons. The molecule has 1 unspecified atom stereocenters. The van der Waals surface area contributed by atoms with Crippen molar-refractivity contribution in [3.63, 3.8) is 0 Å². The fraction of sp³-hybridized carbons (Fsp3) is 0.269. The van der Waals surface area contributed by atoms with Gasteiger partial charge in [-0.3, -0.25) is 4.90 Å². The van der Waals surface area contributed by atoms with Gasteiger partial charge in [0.05, 0.1) is 24.9 Å². The molecule has 3 aromatic carbocycles. The van der Waals surface area contributed by atoms with Gasteiger partial charge in [-0.1, -0.05) is 30.3 Å². The average molecular weight is 486 g/mol. The van der Waals surface area contributed by atoms with Gasteiger partial charge in [0, 0.05) is 18.3 Å². The van der Waals surface area contributed by atoms with E-state index in [0.29, 0.717) is 18.0 Å². The SMILES string of the molecule is COc1cccc([C@@H](C)NCC2CN(C(=O)Nc3cccc(C(F)(F)F)c3)c3ccccc3O2)c1. The first-order valence-electron chi connectivity index (χ1n) is 11.1. The van der Waals surface area contributed by atoms with E-state index in [1.807, 2.05) is 31.2 Å². The minimum absolute atomic E-state index is 0.00162. The number of anilines is 2. The van der Waals surface area contributed by atoms with E-state index in [9.17, 15) is 18.0 Å². The third kappa shape index (κ3) is 5.86. The molecule has 0 aliphatic carbocycles. The highest BCUT2D eigenvalue weighted by molar-refractivity contribution is 6.03. The molecule has 1 aliphatic rings. The lowest BCUT2D eigenvalue weighted by Crippen LogP contribution is -2.49. The van der Waals surface area contributed by atoms with E-state index in [-0.39, 0.29) is 24.4 Å². The molecule has 0 bridgehead atoms. The molecule has 0 spiro atoms. The highest BCUT2D eigenvalue weighted by atomic mass is 19.4. The lowest BCUT2D eigenvalue weighted by atomic mass is 10.1. The van der Waals surface area contributed by atoms with Crippen LogP contribution >= 0.6 is 0 Å². The summed E-state index contributed by atoms with van der Waals surface area (Å²) in [6, 6.07) is 18.8. The topological polar surface area (TPSA) is 62.8 Å². The number of methoxy groups -OCH3 is 1. The highest BCUT2D eigenvalue weighted by Gasteiger charge is 2.32. The quantitative estimate of drug-likeness (QED) is 0.459. The van der Waals surface area contributed by atoms with E-state index in [0.717, 1.165) is 23.4 Å². The third-order valence-electron chi connectivity index (χ3n) is 5.77. The van der Waals surface area contributed by atoms with E-state index >= 15 is 0 Å². The molecular formula is C26H26F3N3O3. The van der Waals surface area contributed by atoms with Crippen LogP contribution in [0.2, 0.25) is 0 Å². The van der Waals surface area contributed by atoms with Crippen LogP contribution in [-0.2, 0) is 6.18 Å². The predicted molar refractivity (Wildman–Crippen MR) is 128 cm³/mol. The van der Waals surface area contributed by atoms with Crippen molar-refractivity contribution in [2.24, 2.45) is 0 Å². The second-order valence-corrected chi connectivity index (χ2v) is 8.23. The fourth-order valence-corrected chi connectivity index (χ4v) is 3.90. The van der Waals surface area contributed by atoms with Crippen molar-refractivity contribution < 1.29 is 27.4 Å². The van der Waals surface area contributed by atoms with Crippen LogP contribution in [0.15, 0.2) is 72.8 Å². The number of carbonyl (C=O) groups is 1. The highest BCUT2D eigenvalue weighted by Crippen LogP contribution is 2.34. The summed E-state index contributed by atoms with van der Waals surface area (Å²) in [4.78, 5) is 14.6. The van der Waals surface area contributed by atoms with Crippen LogP contribution in [0.4, 0.5) is 29.3 Å². The first-order chi connectivity index (χ1) is 16.7. The number of carbonyl (C=O) groups excluding carboxylic acids is 1. The molecule has 2 N–H and O–H groups in total. The van der Waals surface area contributed by atoms with E-state index in [1.165, 1.54) is 17.0 Å². The van der Waals surface area contributed by atoms with Gasteiger partial charge >= 0.3 is 12.2 Å². The Morgan fingerprint density at radius 2 is 1.89 bits per heavy atom. The summed E-state index contributed by atoms with van der Waals surface area (Å²) in [6.45, 7) is 2.68. The van der Waals surface area contributed by atoms with Gasteiger partial charge < -0.3 is 20.1 Å². The summed E-state index contributed by atoms with van der Waals surface area (Å²) in [5.74, 6) is 1.29. The number of hydrogen-bond donors (Lipinski definition) is 2. The summed E-state index contributed by atoms with van der Waals surface area (Å²) >= 11 is 0. The summed E-state index contributed by atoms with van der Waals surface area (Å²) in [6.07, 6.45) is -4.87. The summed E-state index contributed by atoms with van der Waals surface area (Å²) in [5.41, 5.74) is 0.829. The van der Waals surface area contributed by atoms with Crippen LogP contribution in [0.25, 0.3) is 0 Å². The Kier molecular flexibility index (Phi) is 7.16. The molecular weight excluding hydrogens is 459 g/mol. The molecule has 0 saturated carbocycles. The van der Waals surface area contributed by atoms with Crippen LogP contribution in [-0.4, -0.2) is 32.3 Å². The molecule has 1 aliphatic heterocycles. The third-order valence-corrected chi connectivity index (χ3v) is 5.77. The number of hydrogen-bond acceptors (Lipinski definition) is 4. The maximum atomic E-state index is 13.1. The van der Waals surface area contributed by atoms with Gasteiger partial charge in [-0.05, 0) is 55.0 Å². The number of halogens is 3. The molecule has 6 nitrogen and oxygen atoms in total. The second-order valence-electron chi connectivity index (χ2n) is 8.23. The maximum Gasteiger partial charge on any atom is 0.416 e. The van der Waals surface area contributed by atoms with Crippen molar-refractivity contribution >= 4 is 17.4 Å². The summed E-state index contributed by atoms with van der Waals surface area (Å²) < 4.78 is 50.6. The zero-order valence-electron chi connectivity index (χ0n) is 19.3. The lowest BCUT2D eigenvalue weighted by molar-refractivity contribution is -0.137. The van der Waals surface area contributed by atoms with E-state index < -0.39 is 17.8 Å². The van der Waals surface area contributed by atoms with Gasteiger partial charge in [0.1, 0.15) is 17.6 Å². The smallest absolute Gasteiger partial charge is 0.416 e. The number of para-hydroxylation sites is 2. The predicted octanol–water partition coefficient (Wildman–Crippen LogP) is 5.86. The Hall–Kier alpha value is -3.72. The molecule has 0 radical (unpaired) electrons. The van der Waals surface area contributed by atoms with E-state index in [1.54, 1.807) is 31.4 Å². The molecule has 4 rings (SSSR count). The van der Waals surface area contributed by atoms with Crippen molar-refractivity contribution in [1.29, 1.82) is 0 Å². The maximum absolute atomic E-state index is 13.1. The van der Waals surface area contributed by atoms with Gasteiger partial charge in [0.2, 0.25) is 0 Å². The van der Waals surface area contributed by atoms with Crippen LogP contribution in [0.5, 0.6) is 11.5 Å². The normalized spacial score (nSPS) is 16.1. The Morgan fingerprint density at radius 1 is 1.11 bits per heavy atom. The first kappa shape index (κ1) is 24.4. The second kappa shape index (κ2) is 10.3. The molecule has 3 aromatic rings. The molecule has 2 amide bonds. The summed E-state index contributed by atoms with van der Waals surface area (Å²) in [7, 11) is 1.61. The number of amides is 2. The number of urea groups is 1. The van der Waals surface area contributed by atoms with Crippen molar-refractivity contribution in [1.82, 2.24) is 5.32 Å². The largest absolute Gasteiger partial charge is 0.497 e. The molecule has 9 heteroatoms. The molecule has 0 aromatic heterocycles. The Bertz CT molecular complexity index is 1190. The van der Waals surface area contributed by atoms with Crippen molar-refractivity contribution in [3.05, 3.63) is 83.9 Å². The molecule has 2 atom stereocenters. The van der Waals surface area contributed by atoms with E-state index in [2.05, 4.69) is 10.6 Å². The monoisotopic (exact) mass is 485 g/mol. The first-order valence-corrected chi connectivity index (χ1v) is 11.1. The van der Waals surface area contributed by atoms with Crippen LogP contribution in [0, 0.1) is 0 Å². The number of fused-ring (bicyclic) bond motifs is 1. The Balaban J connectivity index is 1.47. The zero-order valence-corrected chi connectivity index (χ0v) is 19.3. The molecule has 0 saturated heterocycles. The molecule has 0 fully saturated rings. The minimum atomic E-state index is -4.50. The average Bonchev–Trinajstić information content (AvgIpc) is 2.86. The molecule has 1 heterocycles. The number of alkyl halides is 3. The van der Waals surface area contributed by atoms with Crippen molar-refractivity contribution in [2.45, 2.75) is 25.2 Å². The number of benzene rings is 3. The van der Waals surface area contributed by atoms with Gasteiger partial charge in [0.15, 0.2) is 0 Å². The molecule has 35 heavy (non-hydrogen) atoms. The van der Waals surface area contributed by atoms with Crippen LogP contribution in [0.3, 0.4) is 0 Å². The number of nitrogens with zero attached hydrogens (tertiary/aromatic N) is 1. The Morgan fingerprint density at radius 3 is 2.66 bits per heavy atom.